The van der Waals surface area contributed by atoms with Gasteiger partial charge in [-0.15, -0.1) is 5.06 Å². The number of imide groups is 1. The third kappa shape index (κ3) is 28.6. The summed E-state index contributed by atoms with van der Waals surface area (Å²) in [4.78, 5) is 76.1. The van der Waals surface area contributed by atoms with Gasteiger partial charge in [-0.3, -0.25) is 24.0 Å². The standard InChI is InChI=1S/C36H57NO6.C32H54O4/c1-35(2,3)28-25-27(26-29(34(28)42)36(4,5)6)30(38)21-19-17-15-13-11-9-7-8-10-12-14-16-18-20-22-33(41)43-37-31(39)23-24-32(37)40;1-31(2,3)26-23-25(24-27(30(26)36)32(4,5)6)28(33)21-19-17-15-13-11-9-7-8-10-12-14-16-18-20-22-29(34)35/h25-26,42H,7-24H2,1-6H3;23-24,36H,7-22H2,1-6H3,(H,34,35). The average Bonchev–Trinajstić information content (AvgIpc) is 3.70. The monoisotopic (exact) mass is 1100 g/mol. The van der Waals surface area contributed by atoms with E-state index < -0.39 is 23.8 Å². The number of carbonyl (C=O) groups is 6. The maximum absolute atomic E-state index is 13.0. The van der Waals surface area contributed by atoms with Crippen molar-refractivity contribution in [2.75, 3.05) is 0 Å². The average molecular weight is 1100 g/mol. The van der Waals surface area contributed by atoms with E-state index in [9.17, 15) is 39.0 Å². The first-order valence-corrected chi connectivity index (χ1v) is 31.2. The second-order valence-electron chi connectivity index (χ2n) is 27.0. The number of hydrogen-bond acceptors (Lipinski definition) is 9. The molecule has 0 saturated carbocycles. The molecule has 0 aliphatic carbocycles. The SMILES string of the molecule is CC(C)(C)c1cc(C(=O)CCCCCCCCCCCCCCCCC(=O)O)cc(C(C)(C)C)c1O.CC(C)(C)c1cc(C(=O)CCCCCCCCCCCCCCCCC(=O)ON2C(=O)CCC2=O)cc(C(C)(C)C)c1O. The molecule has 3 N–H and O–H groups in total. The molecule has 3 rings (SSSR count). The number of carbonyl (C=O) groups excluding carboxylic acids is 5. The summed E-state index contributed by atoms with van der Waals surface area (Å²) in [6.07, 6.45) is 34.2. The summed E-state index contributed by atoms with van der Waals surface area (Å²) >= 11 is 0. The quantitative estimate of drug-likeness (QED) is 0.0335. The number of hydrogen-bond donors (Lipinski definition) is 3. The molecular weight excluding hydrogens is 991 g/mol. The highest BCUT2D eigenvalue weighted by Gasteiger charge is 2.33. The van der Waals surface area contributed by atoms with E-state index in [-0.39, 0.29) is 52.5 Å². The normalized spacial score (nSPS) is 13.2. The number of rotatable bonds is 37. The number of phenolic OH excluding ortho intramolecular Hbond substituents is 2. The third-order valence-electron chi connectivity index (χ3n) is 15.4. The van der Waals surface area contributed by atoms with Crippen molar-refractivity contribution in [2.24, 2.45) is 0 Å². The van der Waals surface area contributed by atoms with Gasteiger partial charge in [-0.25, -0.2) is 4.79 Å². The fourth-order valence-electron chi connectivity index (χ4n) is 10.3. The lowest BCUT2D eigenvalue weighted by molar-refractivity contribution is -0.197. The van der Waals surface area contributed by atoms with E-state index >= 15 is 0 Å². The molecule has 0 radical (unpaired) electrons. The predicted molar refractivity (Wildman–Crippen MR) is 322 cm³/mol. The number of unbranched alkanes of at least 4 members (excludes halogenated alkanes) is 26. The molecule has 0 bridgehead atoms. The van der Waals surface area contributed by atoms with Crippen LogP contribution in [0.2, 0.25) is 0 Å². The first-order chi connectivity index (χ1) is 37.0. The van der Waals surface area contributed by atoms with Gasteiger partial charge in [0, 0.05) is 71.9 Å². The fourth-order valence-corrected chi connectivity index (χ4v) is 10.3. The lowest BCUT2D eigenvalue weighted by Gasteiger charge is -2.28. The molecule has 0 unspecified atom stereocenters. The van der Waals surface area contributed by atoms with Crippen LogP contribution in [-0.4, -0.2) is 55.7 Å². The lowest BCUT2D eigenvalue weighted by Crippen LogP contribution is -2.31. The lowest BCUT2D eigenvalue weighted by atomic mass is 9.78. The molecule has 1 aliphatic rings. The van der Waals surface area contributed by atoms with Crippen molar-refractivity contribution in [3.05, 3.63) is 57.6 Å². The number of phenols is 2. The maximum atomic E-state index is 13.0. The van der Waals surface area contributed by atoms with E-state index in [4.69, 9.17) is 9.94 Å². The second-order valence-corrected chi connectivity index (χ2v) is 27.0. The molecule has 1 saturated heterocycles. The number of benzene rings is 2. The zero-order valence-electron chi connectivity index (χ0n) is 52.0. The summed E-state index contributed by atoms with van der Waals surface area (Å²) in [5.41, 5.74) is 3.96. The van der Waals surface area contributed by atoms with Crippen molar-refractivity contribution < 1.29 is 48.9 Å². The van der Waals surface area contributed by atoms with Gasteiger partial charge in [-0.05, 0) is 71.6 Å². The molecule has 2 aromatic rings. The van der Waals surface area contributed by atoms with Crippen molar-refractivity contribution >= 4 is 35.3 Å². The minimum Gasteiger partial charge on any atom is -0.507 e. The first-order valence-electron chi connectivity index (χ1n) is 31.2. The number of aliphatic carboxylic acids is 1. The van der Waals surface area contributed by atoms with Gasteiger partial charge in [0.05, 0.1) is 0 Å². The Bertz CT molecular complexity index is 2090. The van der Waals surface area contributed by atoms with Crippen LogP contribution in [0.25, 0.3) is 0 Å². The zero-order chi connectivity index (χ0) is 59.2. The minimum absolute atomic E-state index is 0.122. The van der Waals surface area contributed by atoms with Crippen LogP contribution in [0.4, 0.5) is 0 Å². The van der Waals surface area contributed by atoms with Crippen LogP contribution in [-0.2, 0) is 45.7 Å². The number of aromatic hydroxyl groups is 2. The van der Waals surface area contributed by atoms with Crippen molar-refractivity contribution in [2.45, 2.75) is 323 Å². The van der Waals surface area contributed by atoms with Crippen LogP contribution < -0.4 is 0 Å². The molecule has 1 aliphatic heterocycles. The molecule has 2 amide bonds. The molecule has 0 spiro atoms. The summed E-state index contributed by atoms with van der Waals surface area (Å²) in [5, 5.41) is 31.0. The number of ketones is 2. The van der Waals surface area contributed by atoms with Crippen LogP contribution in [0.15, 0.2) is 24.3 Å². The van der Waals surface area contributed by atoms with Crippen molar-refractivity contribution in [3.63, 3.8) is 0 Å². The van der Waals surface area contributed by atoms with E-state index in [0.29, 0.717) is 35.8 Å². The van der Waals surface area contributed by atoms with E-state index in [0.717, 1.165) is 104 Å². The highest BCUT2D eigenvalue weighted by atomic mass is 16.7. The van der Waals surface area contributed by atoms with Gasteiger partial charge in [0.2, 0.25) is 0 Å². The highest BCUT2D eigenvalue weighted by molar-refractivity contribution is 6.01. The number of amides is 2. The Morgan fingerprint density at radius 2 is 0.595 bits per heavy atom. The van der Waals surface area contributed by atoms with E-state index in [1.165, 1.54) is 109 Å². The summed E-state index contributed by atoms with van der Waals surface area (Å²) in [6.45, 7) is 24.9. The molecular formula is C68H111NO10. The van der Waals surface area contributed by atoms with E-state index in [1.807, 2.05) is 24.3 Å². The van der Waals surface area contributed by atoms with E-state index in [1.54, 1.807) is 0 Å². The van der Waals surface area contributed by atoms with Gasteiger partial charge in [0.25, 0.3) is 11.8 Å². The van der Waals surface area contributed by atoms with Crippen LogP contribution in [0.1, 0.15) is 344 Å². The number of hydroxylamine groups is 2. The Morgan fingerprint density at radius 3 is 0.823 bits per heavy atom. The summed E-state index contributed by atoms with van der Waals surface area (Å²) in [6, 6.07) is 7.62. The Morgan fingerprint density at radius 1 is 0.380 bits per heavy atom. The Balaban J connectivity index is 0.000000549. The van der Waals surface area contributed by atoms with E-state index in [2.05, 4.69) is 83.1 Å². The van der Waals surface area contributed by atoms with Crippen molar-refractivity contribution in [1.82, 2.24) is 5.06 Å². The van der Waals surface area contributed by atoms with Crippen molar-refractivity contribution in [1.29, 1.82) is 0 Å². The Hall–Kier alpha value is -4.54. The number of carboxylic acid groups (broad SMARTS) is 1. The van der Waals surface area contributed by atoms with Gasteiger partial charge < -0.3 is 20.2 Å². The van der Waals surface area contributed by atoms with Gasteiger partial charge in [0.15, 0.2) is 11.6 Å². The number of carboxylic acids is 1. The molecule has 79 heavy (non-hydrogen) atoms. The smallest absolute Gasteiger partial charge is 0.333 e. The molecule has 1 fully saturated rings. The van der Waals surface area contributed by atoms with Crippen LogP contribution in [0.3, 0.4) is 0 Å². The molecule has 448 valence electrons. The third-order valence-corrected chi connectivity index (χ3v) is 15.4. The largest absolute Gasteiger partial charge is 0.507 e. The van der Waals surface area contributed by atoms with Crippen LogP contribution >= 0.6 is 0 Å². The van der Waals surface area contributed by atoms with Crippen molar-refractivity contribution in [3.8, 4) is 11.5 Å². The fraction of sp³-hybridized carbons (Fsp3) is 0.735. The highest BCUT2D eigenvalue weighted by Crippen LogP contribution is 2.42. The Labute approximate surface area is 479 Å². The summed E-state index contributed by atoms with van der Waals surface area (Å²) in [5.74, 6) is -1.03. The van der Waals surface area contributed by atoms with Gasteiger partial charge >= 0.3 is 11.9 Å². The maximum Gasteiger partial charge on any atom is 0.333 e. The molecule has 2 aromatic carbocycles. The molecule has 11 heteroatoms. The Kier molecular flexibility index (Phi) is 32.2. The van der Waals surface area contributed by atoms with Gasteiger partial charge in [-0.1, -0.05) is 237 Å². The molecule has 11 nitrogen and oxygen atoms in total. The number of Topliss-reactive ketones (excluding diaryl/α,β-unsaturated/α-hetero) is 2. The first kappa shape index (κ1) is 70.6. The predicted octanol–water partition coefficient (Wildman–Crippen LogP) is 18.5. The zero-order valence-corrected chi connectivity index (χ0v) is 52.0. The number of nitrogens with zero attached hydrogens (tertiary/aromatic N) is 1. The summed E-state index contributed by atoms with van der Waals surface area (Å²) < 4.78 is 0. The molecule has 0 atom stereocenters. The van der Waals surface area contributed by atoms with Crippen LogP contribution in [0.5, 0.6) is 11.5 Å². The summed E-state index contributed by atoms with van der Waals surface area (Å²) in [7, 11) is 0. The molecule has 0 aromatic heterocycles. The topological polar surface area (TPSA) is 176 Å². The minimum atomic E-state index is -0.679. The van der Waals surface area contributed by atoms with Crippen LogP contribution in [0, 0.1) is 0 Å². The molecule has 1 heterocycles. The second kappa shape index (κ2) is 36.0. The van der Waals surface area contributed by atoms with Gasteiger partial charge in [0.1, 0.15) is 11.5 Å². The van der Waals surface area contributed by atoms with Gasteiger partial charge in [-0.2, -0.15) is 0 Å².